The van der Waals surface area contributed by atoms with Crippen molar-refractivity contribution in [3.8, 4) is 0 Å². The van der Waals surface area contributed by atoms with Gasteiger partial charge in [0.2, 0.25) is 5.91 Å². The molecule has 0 radical (unpaired) electrons. The maximum Gasteiger partial charge on any atom is 0.220 e. The summed E-state index contributed by atoms with van der Waals surface area (Å²) in [5, 5.41) is 2.73. The van der Waals surface area contributed by atoms with Gasteiger partial charge in [-0.15, -0.1) is 0 Å². The van der Waals surface area contributed by atoms with Gasteiger partial charge < -0.3 is 16.8 Å². The third-order valence-electron chi connectivity index (χ3n) is 1.82. The zero-order chi connectivity index (χ0) is 9.94. The molecule has 0 aromatic heterocycles. The fourth-order valence-corrected chi connectivity index (χ4v) is 1.08. The van der Waals surface area contributed by atoms with Crippen molar-refractivity contribution in [3.05, 3.63) is 0 Å². The molecule has 4 nitrogen and oxygen atoms in total. The Kier molecular flexibility index (Phi) is 9.03. The molecular formula is C9H21N3O. The average molecular weight is 187 g/mol. The molecule has 0 aliphatic rings. The quantitative estimate of drug-likeness (QED) is 0.467. The Bertz CT molecular complexity index is 128. The van der Waals surface area contributed by atoms with Crippen molar-refractivity contribution in [2.45, 2.75) is 32.1 Å². The SMILES string of the molecule is NCCCCCCC(=O)NCCN. The number of nitrogens with one attached hydrogen (secondary N) is 1. The normalized spacial score (nSPS) is 10.0. The maximum atomic E-state index is 11.0. The lowest BCUT2D eigenvalue weighted by atomic mass is 10.1. The van der Waals surface area contributed by atoms with Gasteiger partial charge in [0.1, 0.15) is 0 Å². The Morgan fingerprint density at radius 3 is 2.31 bits per heavy atom. The average Bonchev–Trinajstić information content (AvgIpc) is 2.14. The van der Waals surface area contributed by atoms with Gasteiger partial charge in [-0.3, -0.25) is 4.79 Å². The van der Waals surface area contributed by atoms with Crippen molar-refractivity contribution in [1.82, 2.24) is 5.32 Å². The van der Waals surface area contributed by atoms with Gasteiger partial charge in [0.25, 0.3) is 0 Å². The van der Waals surface area contributed by atoms with E-state index in [0.717, 1.165) is 32.2 Å². The zero-order valence-corrected chi connectivity index (χ0v) is 8.22. The molecule has 78 valence electrons. The minimum Gasteiger partial charge on any atom is -0.355 e. The van der Waals surface area contributed by atoms with Crippen LogP contribution in [0.5, 0.6) is 0 Å². The monoisotopic (exact) mass is 187 g/mol. The standard InChI is InChI=1S/C9H21N3O/c10-6-4-2-1-3-5-9(13)12-8-7-11/h1-8,10-11H2,(H,12,13). The predicted octanol–water partition coefficient (Wildman–Crippen LogP) is -0.0295. The molecule has 4 heteroatoms. The van der Waals surface area contributed by atoms with E-state index in [9.17, 15) is 4.79 Å². The van der Waals surface area contributed by atoms with Crippen LogP contribution in [0.1, 0.15) is 32.1 Å². The Labute approximate surface area is 80.0 Å². The highest BCUT2D eigenvalue weighted by atomic mass is 16.1. The highest BCUT2D eigenvalue weighted by Gasteiger charge is 1.98. The van der Waals surface area contributed by atoms with Gasteiger partial charge in [-0.2, -0.15) is 0 Å². The van der Waals surface area contributed by atoms with E-state index in [4.69, 9.17) is 11.5 Å². The Balaban J connectivity index is 3.08. The van der Waals surface area contributed by atoms with Crippen LogP contribution in [0.25, 0.3) is 0 Å². The van der Waals surface area contributed by atoms with E-state index in [1.807, 2.05) is 0 Å². The van der Waals surface area contributed by atoms with Crippen molar-refractivity contribution in [3.63, 3.8) is 0 Å². The van der Waals surface area contributed by atoms with Crippen LogP contribution in [-0.2, 0) is 4.79 Å². The molecule has 0 saturated carbocycles. The Hall–Kier alpha value is -0.610. The van der Waals surface area contributed by atoms with Crippen LogP contribution in [0.4, 0.5) is 0 Å². The third-order valence-corrected chi connectivity index (χ3v) is 1.82. The molecule has 0 aromatic carbocycles. The first-order valence-electron chi connectivity index (χ1n) is 4.98. The molecule has 0 aromatic rings. The zero-order valence-electron chi connectivity index (χ0n) is 8.22. The van der Waals surface area contributed by atoms with Gasteiger partial charge in [-0.25, -0.2) is 0 Å². The van der Waals surface area contributed by atoms with Crippen LogP contribution in [0, 0.1) is 0 Å². The van der Waals surface area contributed by atoms with Crippen LogP contribution >= 0.6 is 0 Å². The summed E-state index contributed by atoms with van der Waals surface area (Å²) in [5.41, 5.74) is 10.6. The summed E-state index contributed by atoms with van der Waals surface area (Å²) in [4.78, 5) is 11.0. The largest absolute Gasteiger partial charge is 0.355 e. The van der Waals surface area contributed by atoms with Crippen molar-refractivity contribution < 1.29 is 4.79 Å². The van der Waals surface area contributed by atoms with E-state index in [1.54, 1.807) is 0 Å². The summed E-state index contributed by atoms with van der Waals surface area (Å²) in [6.07, 6.45) is 4.85. The smallest absolute Gasteiger partial charge is 0.220 e. The van der Waals surface area contributed by atoms with E-state index in [0.29, 0.717) is 19.5 Å². The molecular weight excluding hydrogens is 166 g/mol. The Morgan fingerprint density at radius 1 is 1.00 bits per heavy atom. The number of hydrogen-bond acceptors (Lipinski definition) is 3. The van der Waals surface area contributed by atoms with E-state index >= 15 is 0 Å². The highest BCUT2D eigenvalue weighted by molar-refractivity contribution is 5.75. The number of carbonyl (C=O) groups is 1. The van der Waals surface area contributed by atoms with E-state index in [1.165, 1.54) is 0 Å². The van der Waals surface area contributed by atoms with Crippen molar-refractivity contribution in [2.24, 2.45) is 11.5 Å². The second kappa shape index (κ2) is 9.48. The van der Waals surface area contributed by atoms with Crippen LogP contribution in [0.15, 0.2) is 0 Å². The van der Waals surface area contributed by atoms with Gasteiger partial charge in [-0.1, -0.05) is 12.8 Å². The molecule has 0 rings (SSSR count). The first kappa shape index (κ1) is 12.4. The second-order valence-electron chi connectivity index (χ2n) is 3.09. The molecule has 0 unspecified atom stereocenters. The van der Waals surface area contributed by atoms with Gasteiger partial charge in [0, 0.05) is 19.5 Å². The van der Waals surface area contributed by atoms with E-state index in [2.05, 4.69) is 5.32 Å². The topological polar surface area (TPSA) is 81.1 Å². The lowest BCUT2D eigenvalue weighted by Gasteiger charge is -2.02. The fourth-order valence-electron chi connectivity index (χ4n) is 1.08. The minimum absolute atomic E-state index is 0.109. The molecule has 5 N–H and O–H groups in total. The van der Waals surface area contributed by atoms with Crippen LogP contribution < -0.4 is 16.8 Å². The molecule has 0 atom stereocenters. The van der Waals surface area contributed by atoms with Crippen molar-refractivity contribution in [1.29, 1.82) is 0 Å². The van der Waals surface area contributed by atoms with Gasteiger partial charge in [0.05, 0.1) is 0 Å². The number of rotatable bonds is 8. The molecule has 0 spiro atoms. The van der Waals surface area contributed by atoms with E-state index < -0.39 is 0 Å². The molecule has 1 amide bonds. The summed E-state index contributed by atoms with van der Waals surface area (Å²) in [5.74, 6) is 0.109. The first-order valence-corrected chi connectivity index (χ1v) is 4.98. The molecule has 0 fully saturated rings. The summed E-state index contributed by atoms with van der Waals surface area (Å²) in [6.45, 7) is 1.85. The molecule has 0 aliphatic heterocycles. The number of hydrogen-bond donors (Lipinski definition) is 3. The van der Waals surface area contributed by atoms with Crippen LogP contribution in [0.2, 0.25) is 0 Å². The summed E-state index contributed by atoms with van der Waals surface area (Å²) in [6, 6.07) is 0. The maximum absolute atomic E-state index is 11.0. The summed E-state index contributed by atoms with van der Waals surface area (Å²) in [7, 11) is 0. The number of unbranched alkanes of at least 4 members (excludes halogenated alkanes) is 3. The molecule has 0 bridgehead atoms. The molecule has 0 aliphatic carbocycles. The fraction of sp³-hybridized carbons (Fsp3) is 0.889. The van der Waals surface area contributed by atoms with Crippen LogP contribution in [0.3, 0.4) is 0 Å². The van der Waals surface area contributed by atoms with Gasteiger partial charge in [-0.05, 0) is 19.4 Å². The number of carbonyl (C=O) groups excluding carboxylic acids is 1. The Morgan fingerprint density at radius 2 is 1.69 bits per heavy atom. The molecule has 0 heterocycles. The summed E-state index contributed by atoms with van der Waals surface area (Å²) >= 11 is 0. The van der Waals surface area contributed by atoms with Crippen LogP contribution in [-0.4, -0.2) is 25.5 Å². The number of amides is 1. The third kappa shape index (κ3) is 9.30. The second-order valence-corrected chi connectivity index (χ2v) is 3.09. The predicted molar refractivity (Wildman–Crippen MR) is 54.2 cm³/mol. The molecule has 13 heavy (non-hydrogen) atoms. The lowest BCUT2D eigenvalue weighted by Crippen LogP contribution is -2.28. The molecule has 0 saturated heterocycles. The van der Waals surface area contributed by atoms with Crippen molar-refractivity contribution >= 4 is 5.91 Å². The highest BCUT2D eigenvalue weighted by Crippen LogP contribution is 2.01. The van der Waals surface area contributed by atoms with Gasteiger partial charge in [0.15, 0.2) is 0 Å². The number of nitrogens with two attached hydrogens (primary N) is 2. The van der Waals surface area contributed by atoms with Crippen molar-refractivity contribution in [2.75, 3.05) is 19.6 Å². The summed E-state index contributed by atoms with van der Waals surface area (Å²) < 4.78 is 0. The van der Waals surface area contributed by atoms with Gasteiger partial charge >= 0.3 is 0 Å². The lowest BCUT2D eigenvalue weighted by molar-refractivity contribution is -0.121. The minimum atomic E-state index is 0.109. The first-order chi connectivity index (χ1) is 6.31. The van der Waals surface area contributed by atoms with E-state index in [-0.39, 0.29) is 5.91 Å².